The number of carbonyl (C=O) groups is 2. The number of hydrogen-bond acceptors (Lipinski definition) is 4. The topological polar surface area (TPSA) is 99.1 Å². The minimum atomic E-state index is -1.14. The number of carboxylic acid groups (broad SMARTS) is 1. The molecule has 1 fully saturated rings. The van der Waals surface area contributed by atoms with Gasteiger partial charge in [0, 0.05) is 39.3 Å². The van der Waals surface area contributed by atoms with Gasteiger partial charge < -0.3 is 25.2 Å². The Morgan fingerprint density at radius 2 is 2.06 bits per heavy atom. The van der Waals surface area contributed by atoms with Gasteiger partial charge in [-0.05, 0) is 12.8 Å². The van der Waals surface area contributed by atoms with Crippen molar-refractivity contribution in [1.82, 2.24) is 10.2 Å². The van der Waals surface area contributed by atoms with Gasteiger partial charge in [-0.15, -0.1) is 0 Å². The zero-order valence-corrected chi connectivity index (χ0v) is 10.5. The molecule has 1 saturated heterocycles. The molecule has 0 aromatic carbocycles. The Morgan fingerprint density at radius 1 is 1.44 bits per heavy atom. The van der Waals surface area contributed by atoms with Crippen molar-refractivity contribution in [3.63, 3.8) is 0 Å². The van der Waals surface area contributed by atoms with E-state index in [9.17, 15) is 9.59 Å². The molecule has 1 aliphatic heterocycles. The Balaban J connectivity index is 2.48. The third kappa shape index (κ3) is 4.15. The Labute approximate surface area is 106 Å². The molecule has 0 aliphatic carbocycles. The van der Waals surface area contributed by atoms with Crippen LogP contribution < -0.4 is 5.32 Å². The molecule has 0 bridgehead atoms. The van der Waals surface area contributed by atoms with Crippen LogP contribution in [0.5, 0.6) is 0 Å². The summed E-state index contributed by atoms with van der Waals surface area (Å²) in [5.74, 6) is -1.14. The molecule has 0 radical (unpaired) electrons. The summed E-state index contributed by atoms with van der Waals surface area (Å²) in [5, 5.41) is 20.0. The van der Waals surface area contributed by atoms with Crippen molar-refractivity contribution in [2.45, 2.75) is 31.3 Å². The molecule has 2 amide bonds. The van der Waals surface area contributed by atoms with Crippen molar-refractivity contribution < 1.29 is 24.5 Å². The Morgan fingerprint density at radius 3 is 2.56 bits per heavy atom. The number of carboxylic acids is 1. The third-order valence-corrected chi connectivity index (χ3v) is 3.07. The first-order valence-electron chi connectivity index (χ1n) is 6.01. The monoisotopic (exact) mass is 260 g/mol. The lowest BCUT2D eigenvalue weighted by Gasteiger charge is -2.32. The number of carbonyl (C=O) groups excluding carboxylic acids is 1. The zero-order valence-electron chi connectivity index (χ0n) is 10.5. The molecule has 7 nitrogen and oxygen atoms in total. The first-order valence-corrected chi connectivity index (χ1v) is 6.01. The molecule has 0 unspecified atom stereocenters. The van der Waals surface area contributed by atoms with Gasteiger partial charge in [0.15, 0.2) is 0 Å². The number of aliphatic hydroxyl groups excluding tert-OH is 1. The van der Waals surface area contributed by atoms with Gasteiger partial charge in [-0.25, -0.2) is 9.59 Å². The highest BCUT2D eigenvalue weighted by molar-refractivity contribution is 5.82. The van der Waals surface area contributed by atoms with E-state index in [2.05, 4.69) is 5.32 Å². The van der Waals surface area contributed by atoms with Gasteiger partial charge >= 0.3 is 12.0 Å². The van der Waals surface area contributed by atoms with E-state index in [1.54, 1.807) is 7.05 Å². The summed E-state index contributed by atoms with van der Waals surface area (Å²) in [5.41, 5.74) is 0. The van der Waals surface area contributed by atoms with Gasteiger partial charge in [0.05, 0.1) is 0 Å². The van der Waals surface area contributed by atoms with Crippen LogP contribution in [0.1, 0.15) is 19.3 Å². The predicted octanol–water partition coefficient (Wildman–Crippen LogP) is -0.358. The predicted molar refractivity (Wildman–Crippen MR) is 63.3 cm³/mol. The average Bonchev–Trinajstić information content (AvgIpc) is 2.38. The Bertz CT molecular complexity index is 291. The summed E-state index contributed by atoms with van der Waals surface area (Å²) in [6.45, 7) is 0.945. The molecule has 0 spiro atoms. The molecule has 3 N–H and O–H groups in total. The van der Waals surface area contributed by atoms with E-state index in [0.717, 1.165) is 12.8 Å². The number of hydrogen-bond donors (Lipinski definition) is 3. The van der Waals surface area contributed by atoms with Gasteiger partial charge in [0.2, 0.25) is 0 Å². The molecule has 0 saturated carbocycles. The summed E-state index contributed by atoms with van der Waals surface area (Å²) < 4.78 is 5.20. The van der Waals surface area contributed by atoms with Crippen LogP contribution in [0.2, 0.25) is 0 Å². The van der Waals surface area contributed by atoms with Gasteiger partial charge in [0.25, 0.3) is 0 Å². The van der Waals surface area contributed by atoms with E-state index < -0.39 is 18.0 Å². The second kappa shape index (κ2) is 7.17. The van der Waals surface area contributed by atoms with Crippen molar-refractivity contribution in [1.29, 1.82) is 0 Å². The van der Waals surface area contributed by atoms with Crippen molar-refractivity contribution in [3.05, 3.63) is 0 Å². The van der Waals surface area contributed by atoms with Crippen LogP contribution in [0.15, 0.2) is 0 Å². The molecular formula is C11H20N2O5. The fraction of sp³-hybridized carbons (Fsp3) is 0.818. The van der Waals surface area contributed by atoms with E-state index in [4.69, 9.17) is 14.9 Å². The number of urea groups is 1. The first kappa shape index (κ1) is 14.7. The fourth-order valence-corrected chi connectivity index (χ4v) is 1.88. The number of ether oxygens (including phenoxy) is 1. The second-order valence-electron chi connectivity index (χ2n) is 4.31. The van der Waals surface area contributed by atoms with Crippen LogP contribution in [0.3, 0.4) is 0 Å². The van der Waals surface area contributed by atoms with E-state index in [1.165, 1.54) is 4.90 Å². The minimum absolute atomic E-state index is 0.00267. The van der Waals surface area contributed by atoms with Crippen molar-refractivity contribution in [2.24, 2.45) is 0 Å². The van der Waals surface area contributed by atoms with E-state index in [-0.39, 0.29) is 19.1 Å². The van der Waals surface area contributed by atoms with Crippen LogP contribution in [-0.4, -0.2) is 66.1 Å². The molecule has 18 heavy (non-hydrogen) atoms. The summed E-state index contributed by atoms with van der Waals surface area (Å²) in [6, 6.07) is -1.41. The second-order valence-corrected chi connectivity index (χ2v) is 4.31. The summed E-state index contributed by atoms with van der Waals surface area (Å²) >= 11 is 0. The maximum atomic E-state index is 11.9. The molecule has 0 aromatic rings. The average molecular weight is 260 g/mol. The van der Waals surface area contributed by atoms with E-state index in [0.29, 0.717) is 13.2 Å². The Hall–Kier alpha value is -1.34. The van der Waals surface area contributed by atoms with Crippen LogP contribution in [0.4, 0.5) is 4.79 Å². The van der Waals surface area contributed by atoms with Crippen molar-refractivity contribution in [2.75, 3.05) is 26.9 Å². The smallest absolute Gasteiger partial charge is 0.326 e. The largest absolute Gasteiger partial charge is 0.480 e. The molecule has 1 heterocycles. The van der Waals surface area contributed by atoms with E-state index in [1.807, 2.05) is 0 Å². The lowest BCUT2D eigenvalue weighted by atomic mass is 10.1. The number of amides is 2. The zero-order chi connectivity index (χ0) is 13.5. The number of rotatable bonds is 5. The highest BCUT2D eigenvalue weighted by Gasteiger charge is 2.26. The van der Waals surface area contributed by atoms with Gasteiger partial charge in [-0.3, -0.25) is 0 Å². The Kier molecular flexibility index (Phi) is 5.87. The lowest BCUT2D eigenvalue weighted by molar-refractivity contribution is -0.139. The maximum Gasteiger partial charge on any atom is 0.326 e. The first-order chi connectivity index (χ1) is 8.56. The SMILES string of the molecule is CN(C(=O)N[C@H](CCO)C(=O)O)C1CCOCC1. The molecule has 1 rings (SSSR count). The normalized spacial score (nSPS) is 18.1. The number of aliphatic hydroxyl groups is 1. The van der Waals surface area contributed by atoms with Crippen molar-refractivity contribution >= 4 is 12.0 Å². The number of aliphatic carboxylic acids is 1. The van der Waals surface area contributed by atoms with Crippen LogP contribution in [-0.2, 0) is 9.53 Å². The maximum absolute atomic E-state index is 11.9. The van der Waals surface area contributed by atoms with Crippen molar-refractivity contribution in [3.8, 4) is 0 Å². The molecule has 1 aliphatic rings. The number of nitrogens with zero attached hydrogens (tertiary/aromatic N) is 1. The summed E-state index contributed by atoms with van der Waals surface area (Å²) in [6.07, 6.45) is 1.51. The van der Waals surface area contributed by atoms with Gasteiger partial charge in [0.1, 0.15) is 6.04 Å². The summed E-state index contributed by atoms with van der Waals surface area (Å²) in [7, 11) is 1.64. The summed E-state index contributed by atoms with van der Waals surface area (Å²) in [4.78, 5) is 24.2. The lowest BCUT2D eigenvalue weighted by Crippen LogP contribution is -2.51. The standard InChI is InChI=1S/C11H20N2O5/c1-13(8-3-6-18-7-4-8)11(17)12-9(2-5-14)10(15)16/h8-9,14H,2-7H2,1H3,(H,12,17)(H,15,16)/t9-/m1/s1. The highest BCUT2D eigenvalue weighted by atomic mass is 16.5. The highest BCUT2D eigenvalue weighted by Crippen LogP contribution is 2.12. The fourth-order valence-electron chi connectivity index (χ4n) is 1.88. The van der Waals surface area contributed by atoms with Gasteiger partial charge in [-0.1, -0.05) is 0 Å². The minimum Gasteiger partial charge on any atom is -0.480 e. The molecule has 0 aromatic heterocycles. The van der Waals surface area contributed by atoms with Crippen LogP contribution in [0.25, 0.3) is 0 Å². The number of nitrogens with one attached hydrogen (secondary N) is 1. The molecular weight excluding hydrogens is 240 g/mol. The van der Waals surface area contributed by atoms with Crippen LogP contribution >= 0.6 is 0 Å². The third-order valence-electron chi connectivity index (χ3n) is 3.07. The molecule has 7 heteroatoms. The molecule has 1 atom stereocenters. The van der Waals surface area contributed by atoms with Crippen LogP contribution in [0, 0.1) is 0 Å². The molecule has 104 valence electrons. The van der Waals surface area contributed by atoms with E-state index >= 15 is 0 Å². The van der Waals surface area contributed by atoms with Gasteiger partial charge in [-0.2, -0.15) is 0 Å². The quantitative estimate of drug-likeness (QED) is 0.627.